The number of nitro benzene ring substituents is 1. The highest BCUT2D eigenvalue weighted by Gasteiger charge is 2.26. The van der Waals surface area contributed by atoms with Crippen molar-refractivity contribution in [1.29, 1.82) is 0 Å². The normalized spacial score (nSPS) is 11.1. The molecule has 0 spiro atoms. The van der Waals surface area contributed by atoms with E-state index in [4.69, 9.17) is 11.6 Å². The van der Waals surface area contributed by atoms with Crippen molar-refractivity contribution in [3.8, 4) is 0 Å². The molecule has 0 saturated heterocycles. The second kappa shape index (κ2) is 5.62. The van der Waals surface area contributed by atoms with Crippen molar-refractivity contribution >= 4 is 33.1 Å². The van der Waals surface area contributed by atoms with Crippen LogP contribution in [0.2, 0.25) is 5.02 Å². The summed E-state index contributed by atoms with van der Waals surface area (Å²) in [6, 6.07) is 6.14. The van der Waals surface area contributed by atoms with Gasteiger partial charge in [0.2, 0.25) is 0 Å². The topological polar surface area (TPSA) is 106 Å². The van der Waals surface area contributed by atoms with Crippen LogP contribution in [0.5, 0.6) is 0 Å². The number of nitrogens with zero attached hydrogens (tertiary/aromatic N) is 4. The average molecular weight is 329 g/mol. The lowest BCUT2D eigenvalue weighted by atomic mass is 10.3. The number of benzene rings is 1. The van der Waals surface area contributed by atoms with E-state index in [-0.39, 0.29) is 21.4 Å². The quantitative estimate of drug-likeness (QED) is 0.626. The monoisotopic (exact) mass is 328 g/mol. The zero-order valence-electron chi connectivity index (χ0n) is 10.7. The lowest BCUT2D eigenvalue weighted by molar-refractivity contribution is -0.384. The average Bonchev–Trinajstić information content (AvgIpc) is 2.46. The van der Waals surface area contributed by atoms with Crippen LogP contribution in [0, 0.1) is 10.1 Å². The number of sulfonamides is 1. The highest BCUT2D eigenvalue weighted by Crippen LogP contribution is 2.29. The van der Waals surface area contributed by atoms with E-state index in [1.807, 2.05) is 0 Å². The zero-order valence-corrected chi connectivity index (χ0v) is 12.2. The smallest absolute Gasteiger partial charge is 0.258 e. The Morgan fingerprint density at radius 2 is 2.05 bits per heavy atom. The Bertz CT molecular complexity index is 782. The van der Waals surface area contributed by atoms with Gasteiger partial charge in [0, 0.05) is 25.4 Å². The molecule has 0 amide bonds. The fraction of sp³-hybridized carbons (Fsp3) is 0.0909. The Morgan fingerprint density at radius 1 is 1.33 bits per heavy atom. The van der Waals surface area contributed by atoms with Crippen molar-refractivity contribution in [2.75, 3.05) is 11.4 Å². The number of anilines is 1. The van der Waals surface area contributed by atoms with E-state index >= 15 is 0 Å². The van der Waals surface area contributed by atoms with Crippen LogP contribution in [0.25, 0.3) is 0 Å². The molecule has 2 rings (SSSR count). The van der Waals surface area contributed by atoms with Crippen LogP contribution in [-0.2, 0) is 10.0 Å². The van der Waals surface area contributed by atoms with Crippen molar-refractivity contribution < 1.29 is 13.3 Å². The molecule has 0 aliphatic rings. The van der Waals surface area contributed by atoms with Gasteiger partial charge in [-0.05, 0) is 18.2 Å². The number of aromatic nitrogens is 2. The van der Waals surface area contributed by atoms with Crippen LogP contribution in [-0.4, -0.2) is 30.6 Å². The molecule has 0 fully saturated rings. The largest absolute Gasteiger partial charge is 0.271 e. The Kier molecular flexibility index (Phi) is 4.05. The third kappa shape index (κ3) is 2.93. The molecule has 0 radical (unpaired) electrons. The van der Waals surface area contributed by atoms with Crippen molar-refractivity contribution in [3.05, 3.63) is 51.7 Å². The summed E-state index contributed by atoms with van der Waals surface area (Å²) in [5.41, 5.74) is -0.291. The maximum atomic E-state index is 12.4. The van der Waals surface area contributed by atoms with Crippen molar-refractivity contribution in [2.24, 2.45) is 0 Å². The maximum absolute atomic E-state index is 12.4. The van der Waals surface area contributed by atoms with Crippen LogP contribution in [0.15, 0.2) is 41.4 Å². The molecular formula is C11H9ClN4O4S. The molecule has 0 aliphatic heterocycles. The number of hydrogen-bond acceptors (Lipinski definition) is 6. The van der Waals surface area contributed by atoms with Gasteiger partial charge in [-0.15, -0.1) is 5.10 Å². The molecule has 1 aromatic carbocycles. The van der Waals surface area contributed by atoms with Gasteiger partial charge in [-0.25, -0.2) is 8.42 Å². The predicted octanol–water partition coefficient (Wildman–Crippen LogP) is 1.86. The fourth-order valence-corrected chi connectivity index (χ4v) is 3.20. The molecule has 2 aromatic rings. The minimum absolute atomic E-state index is 0.104. The standard InChI is InChI=1S/C11H9ClN4O4S/c1-15(11-3-2-6-13-14-11)21(19,20)10-5-4-8(16(17)18)7-9(10)12/h2-7H,1H3. The molecule has 0 saturated carbocycles. The van der Waals surface area contributed by atoms with Gasteiger partial charge in [0.1, 0.15) is 4.90 Å². The highest BCUT2D eigenvalue weighted by atomic mass is 35.5. The SMILES string of the molecule is CN(c1cccnn1)S(=O)(=O)c1ccc([N+](=O)[O-])cc1Cl. The summed E-state index contributed by atoms with van der Waals surface area (Å²) in [6.45, 7) is 0. The molecule has 0 unspecified atom stereocenters. The Labute approximate surface area is 125 Å². The number of rotatable bonds is 4. The van der Waals surface area contributed by atoms with Crippen LogP contribution < -0.4 is 4.31 Å². The molecular weight excluding hydrogens is 320 g/mol. The minimum atomic E-state index is -3.99. The molecule has 0 atom stereocenters. The molecule has 0 aliphatic carbocycles. The third-order valence-electron chi connectivity index (χ3n) is 2.65. The van der Waals surface area contributed by atoms with E-state index in [2.05, 4.69) is 10.2 Å². The molecule has 21 heavy (non-hydrogen) atoms. The van der Waals surface area contributed by atoms with Gasteiger partial charge in [-0.2, -0.15) is 5.10 Å². The van der Waals surface area contributed by atoms with Crippen molar-refractivity contribution in [3.63, 3.8) is 0 Å². The number of nitro groups is 1. The van der Waals surface area contributed by atoms with Crippen LogP contribution in [0.1, 0.15) is 0 Å². The Balaban J connectivity index is 2.47. The van der Waals surface area contributed by atoms with Crippen molar-refractivity contribution in [1.82, 2.24) is 10.2 Å². The van der Waals surface area contributed by atoms with Gasteiger partial charge in [-0.1, -0.05) is 11.6 Å². The Hall–Kier alpha value is -2.26. The van der Waals surface area contributed by atoms with Gasteiger partial charge in [-0.3, -0.25) is 14.4 Å². The van der Waals surface area contributed by atoms with E-state index in [9.17, 15) is 18.5 Å². The van der Waals surface area contributed by atoms with Gasteiger partial charge in [0.05, 0.1) is 9.95 Å². The first-order chi connectivity index (χ1) is 9.84. The van der Waals surface area contributed by atoms with Gasteiger partial charge in [0.15, 0.2) is 5.82 Å². The second-order valence-corrected chi connectivity index (χ2v) is 6.27. The first-order valence-corrected chi connectivity index (χ1v) is 7.36. The molecule has 1 heterocycles. The van der Waals surface area contributed by atoms with Gasteiger partial charge < -0.3 is 0 Å². The molecule has 10 heteroatoms. The van der Waals surface area contributed by atoms with E-state index in [0.717, 1.165) is 22.5 Å². The molecule has 1 aromatic heterocycles. The first kappa shape index (κ1) is 15.1. The lowest BCUT2D eigenvalue weighted by Gasteiger charge is -2.18. The molecule has 110 valence electrons. The molecule has 0 N–H and O–H groups in total. The first-order valence-electron chi connectivity index (χ1n) is 5.54. The predicted molar refractivity (Wildman–Crippen MR) is 75.7 cm³/mol. The summed E-state index contributed by atoms with van der Waals surface area (Å²) >= 11 is 5.84. The summed E-state index contributed by atoms with van der Waals surface area (Å²) in [6.07, 6.45) is 1.41. The number of hydrogen-bond donors (Lipinski definition) is 0. The molecule has 8 nitrogen and oxygen atoms in total. The van der Waals surface area contributed by atoms with Gasteiger partial charge in [0.25, 0.3) is 15.7 Å². The fourth-order valence-electron chi connectivity index (χ4n) is 1.54. The van der Waals surface area contributed by atoms with Crippen LogP contribution in [0.4, 0.5) is 11.5 Å². The van der Waals surface area contributed by atoms with E-state index in [1.54, 1.807) is 0 Å². The number of halogens is 1. The van der Waals surface area contributed by atoms with Crippen LogP contribution >= 0.6 is 11.6 Å². The number of non-ortho nitro benzene ring substituents is 1. The lowest BCUT2D eigenvalue weighted by Crippen LogP contribution is -2.27. The maximum Gasteiger partial charge on any atom is 0.271 e. The van der Waals surface area contributed by atoms with Crippen LogP contribution in [0.3, 0.4) is 0 Å². The highest BCUT2D eigenvalue weighted by molar-refractivity contribution is 7.92. The van der Waals surface area contributed by atoms with Crippen molar-refractivity contribution in [2.45, 2.75) is 4.90 Å². The third-order valence-corrected chi connectivity index (χ3v) is 4.89. The summed E-state index contributed by atoms with van der Waals surface area (Å²) in [5.74, 6) is 0.104. The Morgan fingerprint density at radius 3 is 2.57 bits per heavy atom. The van der Waals surface area contributed by atoms with E-state index in [1.165, 1.54) is 25.4 Å². The summed E-state index contributed by atoms with van der Waals surface area (Å²) in [7, 11) is -2.70. The summed E-state index contributed by atoms with van der Waals surface area (Å²) in [5, 5.41) is 17.7. The van der Waals surface area contributed by atoms with E-state index in [0.29, 0.717) is 0 Å². The molecule has 0 bridgehead atoms. The van der Waals surface area contributed by atoms with Gasteiger partial charge >= 0.3 is 0 Å². The summed E-state index contributed by atoms with van der Waals surface area (Å²) < 4.78 is 25.8. The zero-order chi connectivity index (χ0) is 15.6. The van der Waals surface area contributed by atoms with E-state index < -0.39 is 14.9 Å². The minimum Gasteiger partial charge on any atom is -0.258 e. The summed E-state index contributed by atoms with van der Waals surface area (Å²) in [4.78, 5) is 9.73. The second-order valence-electron chi connectivity index (χ2n) is 3.93.